The van der Waals surface area contributed by atoms with Gasteiger partial charge in [0, 0.05) is 19.2 Å². The summed E-state index contributed by atoms with van der Waals surface area (Å²) in [5, 5.41) is 10.5. The summed E-state index contributed by atoms with van der Waals surface area (Å²) in [6, 6.07) is 1.82. The summed E-state index contributed by atoms with van der Waals surface area (Å²) in [5.74, 6) is -1.26. The van der Waals surface area contributed by atoms with Gasteiger partial charge in [0.15, 0.2) is 0 Å². The van der Waals surface area contributed by atoms with E-state index < -0.39 is 5.97 Å². The summed E-state index contributed by atoms with van der Waals surface area (Å²) in [6.45, 7) is 2.20. The summed E-state index contributed by atoms with van der Waals surface area (Å²) in [4.78, 5) is 24.6. The fourth-order valence-electron chi connectivity index (χ4n) is 1.43. The lowest BCUT2D eigenvalue weighted by molar-refractivity contribution is -0.137. The number of carboxylic acid groups (broad SMARTS) is 1. The molecule has 0 bridgehead atoms. The lowest BCUT2D eigenvalue weighted by atomic mass is 10.2. The Morgan fingerprint density at radius 2 is 2.24 bits per heavy atom. The van der Waals surface area contributed by atoms with Crippen LogP contribution in [0.1, 0.15) is 22.2 Å². The molecular weight excluding hydrogens is 242 g/mol. The van der Waals surface area contributed by atoms with E-state index in [1.807, 2.05) is 6.07 Å². The third kappa shape index (κ3) is 3.54. The Morgan fingerprint density at radius 3 is 2.76 bits per heavy atom. The van der Waals surface area contributed by atoms with Crippen LogP contribution in [0.15, 0.2) is 11.4 Å². The first-order valence-corrected chi connectivity index (χ1v) is 6.04. The number of carbonyl (C=O) groups excluding carboxylic acids is 1. The second-order valence-electron chi connectivity index (χ2n) is 3.42. The van der Waals surface area contributed by atoms with Crippen molar-refractivity contribution in [2.24, 2.45) is 0 Å². The maximum absolute atomic E-state index is 12.1. The van der Waals surface area contributed by atoms with Gasteiger partial charge in [0.2, 0.25) is 0 Å². The third-order valence-electron chi connectivity index (χ3n) is 2.24. The number of nitrogens with zero attached hydrogens (tertiary/aromatic N) is 1. The maximum Gasteiger partial charge on any atom is 0.323 e. The zero-order chi connectivity index (χ0) is 12.8. The van der Waals surface area contributed by atoms with Crippen molar-refractivity contribution < 1.29 is 19.4 Å². The molecular formula is C11H15NO4S. The zero-order valence-corrected chi connectivity index (χ0v) is 10.6. The molecule has 6 heteroatoms. The van der Waals surface area contributed by atoms with Crippen molar-refractivity contribution >= 4 is 23.2 Å². The Hall–Kier alpha value is -1.40. The van der Waals surface area contributed by atoms with E-state index in [9.17, 15) is 9.59 Å². The van der Waals surface area contributed by atoms with Crippen LogP contribution in [0.25, 0.3) is 0 Å². The van der Waals surface area contributed by atoms with Crippen LogP contribution in [0.5, 0.6) is 0 Å². The van der Waals surface area contributed by atoms with Crippen molar-refractivity contribution in [3.8, 4) is 0 Å². The number of amides is 1. The van der Waals surface area contributed by atoms with Crippen LogP contribution in [-0.2, 0) is 16.1 Å². The van der Waals surface area contributed by atoms with Gasteiger partial charge in [-0.1, -0.05) is 0 Å². The Morgan fingerprint density at radius 1 is 1.53 bits per heavy atom. The van der Waals surface area contributed by atoms with Gasteiger partial charge in [-0.25, -0.2) is 0 Å². The summed E-state index contributed by atoms with van der Waals surface area (Å²) < 4.78 is 4.99. The maximum atomic E-state index is 12.1. The quantitative estimate of drug-likeness (QED) is 0.837. The average Bonchev–Trinajstić information content (AvgIpc) is 2.73. The van der Waals surface area contributed by atoms with E-state index in [0.29, 0.717) is 18.0 Å². The van der Waals surface area contributed by atoms with E-state index in [2.05, 4.69) is 0 Å². The van der Waals surface area contributed by atoms with E-state index >= 15 is 0 Å². The average molecular weight is 257 g/mol. The lowest BCUT2D eigenvalue weighted by Gasteiger charge is -2.18. The van der Waals surface area contributed by atoms with Crippen molar-refractivity contribution in [3.63, 3.8) is 0 Å². The van der Waals surface area contributed by atoms with Gasteiger partial charge in [0.25, 0.3) is 5.91 Å². The van der Waals surface area contributed by atoms with Gasteiger partial charge < -0.3 is 14.7 Å². The van der Waals surface area contributed by atoms with Crippen LogP contribution >= 0.6 is 11.3 Å². The third-order valence-corrected chi connectivity index (χ3v) is 3.18. The standard InChI is InChI=1S/C11H15NO4S/c1-3-12(6-9(13)14)11(15)10-8(7-16-2)4-5-17-10/h4-5H,3,6-7H2,1-2H3,(H,13,14). The number of likely N-dealkylation sites (N-methyl/N-ethyl adjacent to an activating group) is 1. The van der Waals surface area contributed by atoms with Crippen LogP contribution in [0, 0.1) is 0 Å². The molecule has 1 aromatic heterocycles. The van der Waals surface area contributed by atoms with Crippen LogP contribution in [0.3, 0.4) is 0 Å². The molecule has 1 heterocycles. The van der Waals surface area contributed by atoms with Gasteiger partial charge in [0.05, 0.1) is 11.5 Å². The minimum atomic E-state index is -1.01. The Bertz CT molecular complexity index is 402. The highest BCUT2D eigenvalue weighted by molar-refractivity contribution is 7.12. The summed E-state index contributed by atoms with van der Waals surface area (Å²) >= 11 is 1.30. The molecule has 0 aliphatic heterocycles. The topological polar surface area (TPSA) is 66.8 Å². The fourth-order valence-corrected chi connectivity index (χ4v) is 2.30. The number of carbonyl (C=O) groups is 2. The van der Waals surface area contributed by atoms with Gasteiger partial charge in [-0.3, -0.25) is 9.59 Å². The molecule has 0 saturated heterocycles. The molecule has 1 amide bonds. The van der Waals surface area contributed by atoms with Crippen LogP contribution in [-0.4, -0.2) is 42.1 Å². The van der Waals surface area contributed by atoms with Crippen molar-refractivity contribution in [2.75, 3.05) is 20.2 Å². The Labute approximate surface area is 104 Å². The molecule has 0 aromatic carbocycles. The molecule has 0 radical (unpaired) electrons. The number of methoxy groups -OCH3 is 1. The highest BCUT2D eigenvalue weighted by Crippen LogP contribution is 2.19. The normalized spacial score (nSPS) is 10.2. The van der Waals surface area contributed by atoms with Crippen LogP contribution in [0.2, 0.25) is 0 Å². The Balaban J connectivity index is 2.85. The SMILES string of the molecule is CCN(CC(=O)O)C(=O)c1sccc1COC. The molecule has 1 rings (SSSR count). The smallest absolute Gasteiger partial charge is 0.323 e. The zero-order valence-electron chi connectivity index (χ0n) is 9.80. The molecule has 0 atom stereocenters. The second kappa shape index (κ2) is 6.36. The largest absolute Gasteiger partial charge is 0.480 e. The van der Waals surface area contributed by atoms with Crippen molar-refractivity contribution in [3.05, 3.63) is 21.9 Å². The van der Waals surface area contributed by atoms with Crippen molar-refractivity contribution in [1.29, 1.82) is 0 Å². The van der Waals surface area contributed by atoms with E-state index in [1.165, 1.54) is 16.2 Å². The number of hydrogen-bond donors (Lipinski definition) is 1. The number of hydrogen-bond acceptors (Lipinski definition) is 4. The van der Waals surface area contributed by atoms with Gasteiger partial charge in [-0.2, -0.15) is 0 Å². The first-order chi connectivity index (χ1) is 8.10. The van der Waals surface area contributed by atoms with Crippen LogP contribution in [0.4, 0.5) is 0 Å². The molecule has 0 saturated carbocycles. The molecule has 17 heavy (non-hydrogen) atoms. The summed E-state index contributed by atoms with van der Waals surface area (Å²) in [6.07, 6.45) is 0. The van der Waals surface area contributed by atoms with Gasteiger partial charge in [-0.15, -0.1) is 11.3 Å². The molecule has 0 unspecified atom stereocenters. The highest BCUT2D eigenvalue weighted by atomic mass is 32.1. The van der Waals surface area contributed by atoms with E-state index in [-0.39, 0.29) is 12.5 Å². The molecule has 0 spiro atoms. The van der Waals surface area contributed by atoms with Crippen molar-refractivity contribution in [2.45, 2.75) is 13.5 Å². The minimum Gasteiger partial charge on any atom is -0.480 e. The molecule has 1 aromatic rings. The Kier molecular flexibility index (Phi) is 5.11. The molecule has 0 aliphatic carbocycles. The summed E-state index contributed by atoms with van der Waals surface area (Å²) in [7, 11) is 1.56. The number of aliphatic carboxylic acids is 1. The number of carboxylic acids is 1. The van der Waals surface area contributed by atoms with E-state index in [0.717, 1.165) is 5.56 Å². The van der Waals surface area contributed by atoms with Crippen LogP contribution < -0.4 is 0 Å². The fraction of sp³-hybridized carbons (Fsp3) is 0.455. The number of rotatable bonds is 6. The monoisotopic (exact) mass is 257 g/mol. The predicted molar refractivity (Wildman–Crippen MR) is 64.2 cm³/mol. The van der Waals surface area contributed by atoms with Gasteiger partial charge >= 0.3 is 5.97 Å². The summed E-state index contributed by atoms with van der Waals surface area (Å²) in [5.41, 5.74) is 0.798. The minimum absolute atomic E-state index is 0.253. The lowest BCUT2D eigenvalue weighted by Crippen LogP contribution is -2.35. The first kappa shape index (κ1) is 13.7. The molecule has 0 fully saturated rings. The molecule has 5 nitrogen and oxygen atoms in total. The predicted octanol–water partition coefficient (Wildman–Crippen LogP) is 1.44. The number of thiophene rings is 1. The molecule has 1 N–H and O–H groups in total. The van der Waals surface area contributed by atoms with Crippen molar-refractivity contribution in [1.82, 2.24) is 4.90 Å². The van der Waals surface area contributed by atoms with E-state index in [4.69, 9.17) is 9.84 Å². The van der Waals surface area contributed by atoms with Gasteiger partial charge in [-0.05, 0) is 18.4 Å². The first-order valence-electron chi connectivity index (χ1n) is 5.16. The van der Waals surface area contributed by atoms with E-state index in [1.54, 1.807) is 19.4 Å². The van der Waals surface area contributed by atoms with Gasteiger partial charge in [0.1, 0.15) is 6.54 Å². The molecule has 0 aliphatic rings. The number of ether oxygens (including phenoxy) is 1. The second-order valence-corrected chi connectivity index (χ2v) is 4.34. The molecule has 94 valence electrons. The highest BCUT2D eigenvalue weighted by Gasteiger charge is 2.20.